The summed E-state index contributed by atoms with van der Waals surface area (Å²) in [5.41, 5.74) is 0. The summed E-state index contributed by atoms with van der Waals surface area (Å²) in [6.07, 6.45) is 3.44. The van der Waals surface area contributed by atoms with Gasteiger partial charge in [-0.1, -0.05) is 45.2 Å². The second kappa shape index (κ2) is 3.56. The Labute approximate surface area is 95.6 Å². The lowest BCUT2D eigenvalue weighted by molar-refractivity contribution is -0.121. The third-order valence-electron chi connectivity index (χ3n) is 3.07. The first kappa shape index (κ1) is 10.0. The summed E-state index contributed by atoms with van der Waals surface area (Å²) in [6.45, 7) is 0. The van der Waals surface area contributed by atoms with Gasteiger partial charge in [-0.25, -0.2) is 0 Å². The zero-order chi connectivity index (χ0) is 9.59. The zero-order valence-electron chi connectivity index (χ0n) is 6.84. The summed E-state index contributed by atoms with van der Waals surface area (Å²) in [5.74, 6) is 1.20. The average Bonchev–Trinajstić information content (AvgIpc) is 2.43. The Morgan fingerprint density at radius 2 is 2.23 bits per heavy atom. The Balaban J connectivity index is 2.23. The van der Waals surface area contributed by atoms with Gasteiger partial charge in [0.15, 0.2) is 0 Å². The molecule has 2 bridgehead atoms. The average molecular weight is 284 g/mol. The minimum absolute atomic E-state index is 0.155. The number of hydrogen-bond donors (Lipinski definition) is 0. The monoisotopic (exact) mass is 282 g/mol. The molecule has 4 atom stereocenters. The Morgan fingerprint density at radius 1 is 1.54 bits per heavy atom. The maximum atomic E-state index is 11.4. The van der Waals surface area contributed by atoms with Crippen LogP contribution < -0.4 is 0 Å². The molecule has 2 rings (SSSR count). The Bertz CT molecular complexity index is 273. The summed E-state index contributed by atoms with van der Waals surface area (Å²) in [6, 6.07) is 0. The smallest absolute Gasteiger partial charge is 0.136 e. The summed E-state index contributed by atoms with van der Waals surface area (Å²) >= 11 is 14.8. The molecule has 13 heavy (non-hydrogen) atoms. The number of fused-ring (bicyclic) bond motifs is 2. The molecule has 2 aliphatic carbocycles. The lowest BCUT2D eigenvalue weighted by atomic mass is 9.98. The molecule has 0 aromatic carbocycles. The SMILES string of the molecule is O=C1C[C@H]2[C@H](C=C(Cl)Cl)[C@@H]1C[C@@H]2Br. The van der Waals surface area contributed by atoms with Crippen LogP contribution in [0.5, 0.6) is 0 Å². The van der Waals surface area contributed by atoms with E-state index in [0.29, 0.717) is 22.9 Å². The number of alkyl halides is 1. The number of allylic oxidation sites excluding steroid dienone is 1. The van der Waals surface area contributed by atoms with Crippen molar-refractivity contribution in [1.29, 1.82) is 0 Å². The highest BCUT2D eigenvalue weighted by molar-refractivity contribution is 9.09. The molecule has 0 N–H and O–H groups in total. The maximum absolute atomic E-state index is 11.4. The van der Waals surface area contributed by atoms with E-state index in [2.05, 4.69) is 15.9 Å². The van der Waals surface area contributed by atoms with Crippen molar-refractivity contribution in [2.75, 3.05) is 0 Å². The highest BCUT2D eigenvalue weighted by atomic mass is 79.9. The molecule has 2 aliphatic rings. The van der Waals surface area contributed by atoms with Crippen LogP contribution in [-0.4, -0.2) is 10.6 Å². The topological polar surface area (TPSA) is 17.1 Å². The van der Waals surface area contributed by atoms with Crippen LogP contribution in [0.4, 0.5) is 0 Å². The Kier molecular flexibility index (Phi) is 2.74. The van der Waals surface area contributed by atoms with Crippen LogP contribution in [-0.2, 0) is 4.79 Å². The lowest BCUT2D eigenvalue weighted by Crippen LogP contribution is -2.16. The predicted octanol–water partition coefficient (Wildman–Crippen LogP) is 3.29. The van der Waals surface area contributed by atoms with Crippen LogP contribution in [0.3, 0.4) is 0 Å². The molecule has 0 saturated heterocycles. The predicted molar refractivity (Wildman–Crippen MR) is 57.2 cm³/mol. The Morgan fingerprint density at radius 3 is 2.69 bits per heavy atom. The summed E-state index contributed by atoms with van der Waals surface area (Å²) in [5, 5.41) is 0. The molecule has 0 unspecified atom stereocenters. The van der Waals surface area contributed by atoms with Gasteiger partial charge in [-0.3, -0.25) is 4.79 Å². The van der Waals surface area contributed by atoms with Crippen LogP contribution in [0.15, 0.2) is 10.6 Å². The number of halogens is 3. The van der Waals surface area contributed by atoms with Crippen molar-refractivity contribution in [3.8, 4) is 0 Å². The molecule has 0 amide bonds. The zero-order valence-corrected chi connectivity index (χ0v) is 9.94. The van der Waals surface area contributed by atoms with Crippen LogP contribution >= 0.6 is 39.1 Å². The van der Waals surface area contributed by atoms with Gasteiger partial charge in [0.1, 0.15) is 10.3 Å². The first-order chi connectivity index (χ1) is 6.09. The molecular formula is C9H9BrCl2O. The van der Waals surface area contributed by atoms with Gasteiger partial charge < -0.3 is 0 Å². The van der Waals surface area contributed by atoms with Gasteiger partial charge in [0.2, 0.25) is 0 Å². The molecule has 1 nitrogen and oxygen atoms in total. The van der Waals surface area contributed by atoms with Gasteiger partial charge in [0.05, 0.1) is 0 Å². The molecule has 0 aromatic rings. The molecule has 0 heterocycles. The standard InChI is InChI=1S/C9H9BrCl2O/c10-7-1-6-4(3-9(11)12)5(7)2-8(6)13/h3-7H,1-2H2/t4-,5-,6-,7-/m0/s1. The van der Waals surface area contributed by atoms with Crippen molar-refractivity contribution in [2.45, 2.75) is 17.7 Å². The van der Waals surface area contributed by atoms with E-state index in [-0.39, 0.29) is 16.3 Å². The largest absolute Gasteiger partial charge is 0.299 e. The first-order valence-electron chi connectivity index (χ1n) is 4.29. The highest BCUT2D eigenvalue weighted by Crippen LogP contribution is 2.51. The lowest BCUT2D eigenvalue weighted by Gasteiger charge is -2.13. The van der Waals surface area contributed by atoms with Crippen molar-refractivity contribution >= 4 is 44.9 Å². The van der Waals surface area contributed by atoms with E-state index >= 15 is 0 Å². The molecule has 0 spiro atoms. The molecule has 0 aromatic heterocycles. The van der Waals surface area contributed by atoms with E-state index in [1.165, 1.54) is 0 Å². The van der Waals surface area contributed by atoms with E-state index in [0.717, 1.165) is 6.42 Å². The van der Waals surface area contributed by atoms with E-state index < -0.39 is 0 Å². The minimum Gasteiger partial charge on any atom is -0.299 e. The molecule has 0 aliphatic heterocycles. The third-order valence-corrected chi connectivity index (χ3v) is 4.38. The molecule has 72 valence electrons. The fraction of sp³-hybridized carbons (Fsp3) is 0.667. The Hall–Kier alpha value is 0.470. The van der Waals surface area contributed by atoms with Crippen LogP contribution in [0.2, 0.25) is 0 Å². The van der Waals surface area contributed by atoms with Gasteiger partial charge in [0, 0.05) is 17.2 Å². The van der Waals surface area contributed by atoms with E-state index in [9.17, 15) is 4.79 Å². The van der Waals surface area contributed by atoms with Crippen molar-refractivity contribution in [3.63, 3.8) is 0 Å². The van der Waals surface area contributed by atoms with Crippen molar-refractivity contribution in [2.24, 2.45) is 17.8 Å². The number of ketones is 1. The maximum Gasteiger partial charge on any atom is 0.136 e. The summed E-state index contributed by atoms with van der Waals surface area (Å²) in [7, 11) is 0. The number of rotatable bonds is 1. The third kappa shape index (κ3) is 1.69. The van der Waals surface area contributed by atoms with E-state index in [1.807, 2.05) is 6.08 Å². The second-order valence-electron chi connectivity index (χ2n) is 3.73. The van der Waals surface area contributed by atoms with Gasteiger partial charge >= 0.3 is 0 Å². The normalized spacial score (nSPS) is 42.5. The fourth-order valence-electron chi connectivity index (χ4n) is 2.49. The molecule has 0 radical (unpaired) electrons. The minimum atomic E-state index is 0.155. The molecule has 2 fully saturated rings. The van der Waals surface area contributed by atoms with Gasteiger partial charge in [0.25, 0.3) is 0 Å². The van der Waals surface area contributed by atoms with E-state index in [1.54, 1.807) is 0 Å². The summed E-state index contributed by atoms with van der Waals surface area (Å²) < 4.78 is 0.288. The second-order valence-corrected chi connectivity index (χ2v) is 5.91. The molecule has 4 heteroatoms. The summed E-state index contributed by atoms with van der Waals surface area (Å²) in [4.78, 5) is 11.9. The number of Topliss-reactive ketones (excluding diaryl/α,β-unsaturated/α-hetero) is 1. The van der Waals surface area contributed by atoms with Gasteiger partial charge in [-0.2, -0.15) is 0 Å². The highest BCUT2D eigenvalue weighted by Gasteiger charge is 2.51. The first-order valence-corrected chi connectivity index (χ1v) is 5.96. The van der Waals surface area contributed by atoms with Gasteiger partial charge in [-0.05, 0) is 18.3 Å². The molecule has 2 saturated carbocycles. The van der Waals surface area contributed by atoms with Crippen LogP contribution in [0.25, 0.3) is 0 Å². The number of carbonyl (C=O) groups is 1. The number of carbonyl (C=O) groups excluding carboxylic acids is 1. The van der Waals surface area contributed by atoms with Crippen LogP contribution in [0, 0.1) is 17.8 Å². The van der Waals surface area contributed by atoms with Crippen LogP contribution in [0.1, 0.15) is 12.8 Å². The van der Waals surface area contributed by atoms with Crippen molar-refractivity contribution in [1.82, 2.24) is 0 Å². The number of hydrogen-bond acceptors (Lipinski definition) is 1. The molecular weight excluding hydrogens is 275 g/mol. The fourth-order valence-corrected chi connectivity index (χ4v) is 3.73. The van der Waals surface area contributed by atoms with Gasteiger partial charge in [-0.15, -0.1) is 0 Å². The van der Waals surface area contributed by atoms with Crippen molar-refractivity contribution < 1.29 is 4.79 Å². The van der Waals surface area contributed by atoms with E-state index in [4.69, 9.17) is 23.2 Å². The quantitative estimate of drug-likeness (QED) is 0.675. The van der Waals surface area contributed by atoms with Crippen molar-refractivity contribution in [3.05, 3.63) is 10.6 Å².